The normalized spacial score (nSPS) is 10.4. The van der Waals surface area contributed by atoms with E-state index < -0.39 is 0 Å². The van der Waals surface area contributed by atoms with Crippen LogP contribution in [0.2, 0.25) is 0 Å². The van der Waals surface area contributed by atoms with Crippen LogP contribution in [-0.2, 0) is 17.6 Å². The third kappa shape index (κ3) is 6.85. The number of hydrogen-bond acceptors (Lipinski definition) is 5. The molecule has 0 radical (unpaired) electrons. The van der Waals surface area contributed by atoms with Crippen LogP contribution in [0, 0.1) is 0 Å². The highest BCUT2D eigenvalue weighted by atomic mass is 32.1. The lowest BCUT2D eigenvalue weighted by atomic mass is 10.1. The van der Waals surface area contributed by atoms with Gasteiger partial charge in [-0.2, -0.15) is 0 Å². The largest absolute Gasteiger partial charge is 0.497 e. The summed E-state index contributed by atoms with van der Waals surface area (Å²) in [6.45, 7) is 0.446. The molecule has 6 nitrogen and oxygen atoms in total. The molecule has 32 heavy (non-hydrogen) atoms. The van der Waals surface area contributed by atoms with Gasteiger partial charge in [0.05, 0.1) is 14.2 Å². The van der Waals surface area contributed by atoms with Gasteiger partial charge in [0.2, 0.25) is 5.91 Å². The molecule has 0 saturated carbocycles. The zero-order valence-electron chi connectivity index (χ0n) is 18.4. The predicted octanol–water partition coefficient (Wildman–Crippen LogP) is 4.70. The average Bonchev–Trinajstić information content (AvgIpc) is 3.32. The molecule has 2 amide bonds. The van der Waals surface area contributed by atoms with E-state index in [9.17, 15) is 9.59 Å². The summed E-state index contributed by atoms with van der Waals surface area (Å²) in [7, 11) is 3.23. The Kier molecular flexibility index (Phi) is 8.69. The van der Waals surface area contributed by atoms with Crippen molar-refractivity contribution >= 4 is 28.8 Å². The second-order valence-electron chi connectivity index (χ2n) is 7.25. The first-order valence-electron chi connectivity index (χ1n) is 10.5. The number of rotatable bonds is 11. The van der Waals surface area contributed by atoms with Gasteiger partial charge in [-0.25, -0.2) is 0 Å². The predicted molar refractivity (Wildman–Crippen MR) is 128 cm³/mol. The summed E-state index contributed by atoms with van der Waals surface area (Å²) in [5.41, 5.74) is 2.07. The molecule has 2 aromatic carbocycles. The van der Waals surface area contributed by atoms with Crippen molar-refractivity contribution in [2.75, 3.05) is 26.1 Å². The topological polar surface area (TPSA) is 76.7 Å². The van der Waals surface area contributed by atoms with Crippen molar-refractivity contribution in [2.45, 2.75) is 25.7 Å². The Hall–Kier alpha value is -3.32. The van der Waals surface area contributed by atoms with Gasteiger partial charge in [0.25, 0.3) is 5.91 Å². The van der Waals surface area contributed by atoms with Gasteiger partial charge in [0.1, 0.15) is 11.5 Å². The monoisotopic (exact) mass is 452 g/mol. The second-order valence-corrected chi connectivity index (χ2v) is 8.28. The van der Waals surface area contributed by atoms with E-state index in [1.54, 1.807) is 49.8 Å². The summed E-state index contributed by atoms with van der Waals surface area (Å²) < 4.78 is 10.6. The Morgan fingerprint density at radius 3 is 2.59 bits per heavy atom. The van der Waals surface area contributed by atoms with Crippen molar-refractivity contribution in [1.82, 2.24) is 5.32 Å². The summed E-state index contributed by atoms with van der Waals surface area (Å²) in [6, 6.07) is 16.7. The Morgan fingerprint density at radius 1 is 0.969 bits per heavy atom. The van der Waals surface area contributed by atoms with Crippen LogP contribution in [0.4, 0.5) is 5.69 Å². The van der Waals surface area contributed by atoms with Crippen molar-refractivity contribution in [1.29, 1.82) is 0 Å². The van der Waals surface area contributed by atoms with Crippen molar-refractivity contribution < 1.29 is 19.1 Å². The molecule has 2 N–H and O–H groups in total. The quantitative estimate of drug-likeness (QED) is 0.442. The van der Waals surface area contributed by atoms with Crippen LogP contribution >= 0.6 is 11.3 Å². The zero-order chi connectivity index (χ0) is 22.8. The van der Waals surface area contributed by atoms with Crippen molar-refractivity contribution in [3.63, 3.8) is 0 Å². The Bertz CT molecular complexity index is 1030. The highest BCUT2D eigenvalue weighted by Crippen LogP contribution is 2.24. The van der Waals surface area contributed by atoms with E-state index in [-0.39, 0.29) is 11.8 Å². The number of anilines is 1. The van der Waals surface area contributed by atoms with Crippen molar-refractivity contribution in [3.8, 4) is 11.5 Å². The summed E-state index contributed by atoms with van der Waals surface area (Å²) >= 11 is 1.70. The lowest BCUT2D eigenvalue weighted by molar-refractivity contribution is -0.116. The molecular formula is C25H28N2O4S. The number of nitrogens with one attached hydrogen (secondary N) is 2. The van der Waals surface area contributed by atoms with Gasteiger partial charge in [0.15, 0.2) is 0 Å². The molecule has 0 spiro atoms. The molecule has 7 heteroatoms. The fraction of sp³-hybridized carbons (Fsp3) is 0.280. The maximum absolute atomic E-state index is 12.6. The van der Waals surface area contributed by atoms with Gasteiger partial charge in [-0.05, 0) is 72.7 Å². The SMILES string of the molecule is COc1ccc(OC)c(CCNC(=O)c2cccc(NC(=O)CCCc3cccs3)c2)c1. The molecular weight excluding hydrogens is 424 g/mol. The number of thiophene rings is 1. The van der Waals surface area contributed by atoms with Crippen LogP contribution < -0.4 is 20.1 Å². The zero-order valence-corrected chi connectivity index (χ0v) is 19.2. The molecule has 0 unspecified atom stereocenters. The number of methoxy groups -OCH3 is 2. The van der Waals surface area contributed by atoms with E-state index in [0.29, 0.717) is 30.6 Å². The summed E-state index contributed by atoms with van der Waals surface area (Å²) in [5, 5.41) is 7.84. The number of carbonyl (C=O) groups is 2. The van der Waals surface area contributed by atoms with E-state index in [0.717, 1.165) is 29.9 Å². The number of benzene rings is 2. The van der Waals surface area contributed by atoms with Gasteiger partial charge in [-0.3, -0.25) is 9.59 Å². The van der Waals surface area contributed by atoms with Gasteiger partial charge in [-0.1, -0.05) is 12.1 Å². The van der Waals surface area contributed by atoms with Crippen LogP contribution in [0.1, 0.15) is 33.6 Å². The lowest BCUT2D eigenvalue weighted by Crippen LogP contribution is -2.26. The minimum atomic E-state index is -0.194. The molecule has 3 aromatic rings. The van der Waals surface area contributed by atoms with Gasteiger partial charge < -0.3 is 20.1 Å². The number of amides is 2. The van der Waals surface area contributed by atoms with Crippen LogP contribution in [0.5, 0.6) is 11.5 Å². The summed E-state index contributed by atoms with van der Waals surface area (Å²) in [5.74, 6) is 1.25. The van der Waals surface area contributed by atoms with E-state index in [4.69, 9.17) is 9.47 Å². The molecule has 1 aromatic heterocycles. The molecule has 0 aliphatic heterocycles. The second kappa shape index (κ2) is 11.9. The van der Waals surface area contributed by atoms with Crippen LogP contribution in [0.3, 0.4) is 0 Å². The Morgan fingerprint density at radius 2 is 1.84 bits per heavy atom. The van der Waals surface area contributed by atoms with Gasteiger partial charge in [0, 0.05) is 29.1 Å². The number of carbonyl (C=O) groups excluding carboxylic acids is 2. The first-order valence-corrected chi connectivity index (χ1v) is 11.4. The van der Waals surface area contributed by atoms with Crippen LogP contribution in [-0.4, -0.2) is 32.6 Å². The minimum Gasteiger partial charge on any atom is -0.497 e. The third-order valence-electron chi connectivity index (χ3n) is 4.98. The molecule has 1 heterocycles. The van der Waals surface area contributed by atoms with Crippen LogP contribution in [0.25, 0.3) is 0 Å². The molecule has 0 aliphatic carbocycles. The number of aryl methyl sites for hydroxylation is 1. The minimum absolute atomic E-state index is 0.0516. The Balaban J connectivity index is 1.49. The smallest absolute Gasteiger partial charge is 0.251 e. The molecule has 0 atom stereocenters. The maximum Gasteiger partial charge on any atom is 0.251 e. The average molecular weight is 453 g/mol. The first kappa shape index (κ1) is 23.3. The number of hydrogen-bond donors (Lipinski definition) is 2. The molecule has 168 valence electrons. The van der Waals surface area contributed by atoms with E-state index in [1.807, 2.05) is 29.6 Å². The van der Waals surface area contributed by atoms with Crippen LogP contribution in [0.15, 0.2) is 60.0 Å². The van der Waals surface area contributed by atoms with Crippen molar-refractivity contribution in [3.05, 3.63) is 76.0 Å². The number of ether oxygens (including phenoxy) is 2. The molecule has 0 fully saturated rings. The molecule has 0 saturated heterocycles. The standard InChI is InChI=1S/C25H28N2O4S/c1-30-21-11-12-23(31-2)18(17-21)13-14-26-25(29)19-6-3-7-20(16-19)27-24(28)10-4-8-22-9-5-15-32-22/h3,5-7,9,11-12,15-17H,4,8,10,13-14H2,1-2H3,(H,26,29)(H,27,28). The lowest BCUT2D eigenvalue weighted by Gasteiger charge is -2.11. The maximum atomic E-state index is 12.6. The molecule has 0 aliphatic rings. The van der Waals surface area contributed by atoms with E-state index in [2.05, 4.69) is 16.7 Å². The first-order chi connectivity index (χ1) is 15.6. The Labute approximate surface area is 192 Å². The fourth-order valence-corrected chi connectivity index (χ4v) is 4.08. The summed E-state index contributed by atoms with van der Waals surface area (Å²) in [6.07, 6.45) is 2.73. The van der Waals surface area contributed by atoms with Crippen molar-refractivity contribution in [2.24, 2.45) is 0 Å². The highest BCUT2D eigenvalue weighted by molar-refractivity contribution is 7.09. The highest BCUT2D eigenvalue weighted by Gasteiger charge is 2.10. The van der Waals surface area contributed by atoms with Gasteiger partial charge >= 0.3 is 0 Å². The summed E-state index contributed by atoms with van der Waals surface area (Å²) in [4.78, 5) is 26.1. The fourth-order valence-electron chi connectivity index (χ4n) is 3.33. The van der Waals surface area contributed by atoms with E-state index in [1.165, 1.54) is 4.88 Å². The third-order valence-corrected chi connectivity index (χ3v) is 5.92. The van der Waals surface area contributed by atoms with Gasteiger partial charge in [-0.15, -0.1) is 11.3 Å². The molecule has 3 rings (SSSR count). The van der Waals surface area contributed by atoms with E-state index >= 15 is 0 Å². The molecule has 0 bridgehead atoms.